The van der Waals surface area contributed by atoms with E-state index in [4.69, 9.17) is 4.74 Å². The van der Waals surface area contributed by atoms with Crippen LogP contribution in [0.25, 0.3) is 0 Å². The van der Waals surface area contributed by atoms with Crippen LogP contribution in [-0.4, -0.2) is 0 Å². The minimum atomic E-state index is 0.107. The Hall–Kier alpha value is -2.54. The van der Waals surface area contributed by atoms with Crippen LogP contribution in [0.5, 0.6) is 5.75 Å². The molecule has 1 aliphatic heterocycles. The third-order valence-corrected chi connectivity index (χ3v) is 4.66. The normalized spacial score (nSPS) is 19.7. The van der Waals surface area contributed by atoms with Crippen LogP contribution < -0.4 is 4.74 Å². The smallest absolute Gasteiger partial charge is 0.125 e. The summed E-state index contributed by atoms with van der Waals surface area (Å²) in [5.41, 5.74) is 5.19. The molecule has 1 heterocycles. The third kappa shape index (κ3) is 2.75. The molecule has 0 radical (unpaired) electrons. The van der Waals surface area contributed by atoms with Crippen molar-refractivity contribution in [2.45, 2.75) is 25.4 Å². The maximum absolute atomic E-state index is 6.31. The van der Waals surface area contributed by atoms with Gasteiger partial charge in [-0.05, 0) is 30.5 Å². The van der Waals surface area contributed by atoms with Gasteiger partial charge in [-0.25, -0.2) is 0 Å². The zero-order valence-corrected chi connectivity index (χ0v) is 13.3. The molecule has 0 spiro atoms. The number of hydrogen-bond donors (Lipinski definition) is 0. The summed E-state index contributed by atoms with van der Waals surface area (Å²) in [6, 6.07) is 27.9. The average molecular weight is 300 g/mol. The maximum atomic E-state index is 6.31. The van der Waals surface area contributed by atoms with Gasteiger partial charge < -0.3 is 4.74 Å². The minimum absolute atomic E-state index is 0.107. The molecule has 0 aliphatic carbocycles. The number of aryl methyl sites for hydroxylation is 1. The number of para-hydroxylation sites is 1. The number of fused-ring (bicyclic) bond motifs is 1. The van der Waals surface area contributed by atoms with E-state index in [0.29, 0.717) is 5.92 Å². The molecular weight excluding hydrogens is 280 g/mol. The third-order valence-electron chi connectivity index (χ3n) is 4.66. The number of benzene rings is 3. The molecule has 114 valence electrons. The molecule has 1 aliphatic rings. The molecule has 0 N–H and O–H groups in total. The second kappa shape index (κ2) is 5.92. The lowest BCUT2D eigenvalue weighted by molar-refractivity contribution is 0.167. The molecule has 0 saturated heterocycles. The van der Waals surface area contributed by atoms with Gasteiger partial charge in [0.05, 0.1) is 0 Å². The van der Waals surface area contributed by atoms with Crippen molar-refractivity contribution in [2.24, 2.45) is 0 Å². The van der Waals surface area contributed by atoms with Gasteiger partial charge in [-0.15, -0.1) is 0 Å². The molecule has 0 saturated carbocycles. The van der Waals surface area contributed by atoms with Crippen LogP contribution in [0.4, 0.5) is 0 Å². The van der Waals surface area contributed by atoms with Crippen molar-refractivity contribution >= 4 is 0 Å². The van der Waals surface area contributed by atoms with Crippen molar-refractivity contribution in [3.05, 3.63) is 101 Å². The van der Waals surface area contributed by atoms with Crippen molar-refractivity contribution < 1.29 is 4.74 Å². The van der Waals surface area contributed by atoms with Crippen molar-refractivity contribution in [2.75, 3.05) is 0 Å². The van der Waals surface area contributed by atoms with Crippen LogP contribution in [0.2, 0.25) is 0 Å². The maximum Gasteiger partial charge on any atom is 0.125 e. The largest absolute Gasteiger partial charge is 0.485 e. The van der Waals surface area contributed by atoms with E-state index in [1.54, 1.807) is 0 Å². The first-order chi connectivity index (χ1) is 11.3. The highest BCUT2D eigenvalue weighted by molar-refractivity contribution is 5.45. The van der Waals surface area contributed by atoms with E-state index < -0.39 is 0 Å². The first-order valence-electron chi connectivity index (χ1n) is 8.18. The van der Waals surface area contributed by atoms with E-state index in [0.717, 1.165) is 12.2 Å². The molecule has 2 unspecified atom stereocenters. The second-order valence-corrected chi connectivity index (χ2v) is 6.25. The Morgan fingerprint density at radius 2 is 1.43 bits per heavy atom. The molecule has 0 fully saturated rings. The van der Waals surface area contributed by atoms with Gasteiger partial charge in [0.25, 0.3) is 0 Å². The lowest BCUT2D eigenvalue weighted by atomic mass is 9.82. The van der Waals surface area contributed by atoms with E-state index in [1.165, 1.54) is 22.3 Å². The van der Waals surface area contributed by atoms with Crippen LogP contribution in [0.15, 0.2) is 78.9 Å². The number of rotatable bonds is 2. The Morgan fingerprint density at radius 1 is 0.739 bits per heavy atom. The fourth-order valence-corrected chi connectivity index (χ4v) is 3.40. The Kier molecular flexibility index (Phi) is 3.63. The fourth-order valence-electron chi connectivity index (χ4n) is 3.40. The highest BCUT2D eigenvalue weighted by Gasteiger charge is 2.29. The molecular formula is C22H20O. The highest BCUT2D eigenvalue weighted by Crippen LogP contribution is 2.44. The van der Waals surface area contributed by atoms with Gasteiger partial charge in [0.15, 0.2) is 0 Å². The monoisotopic (exact) mass is 300 g/mol. The van der Waals surface area contributed by atoms with Gasteiger partial charge >= 0.3 is 0 Å². The first kappa shape index (κ1) is 14.1. The van der Waals surface area contributed by atoms with E-state index in [2.05, 4.69) is 85.8 Å². The Balaban J connectivity index is 1.75. The van der Waals surface area contributed by atoms with Crippen LogP contribution >= 0.6 is 0 Å². The number of hydrogen-bond acceptors (Lipinski definition) is 1. The van der Waals surface area contributed by atoms with E-state index >= 15 is 0 Å². The fraction of sp³-hybridized carbons (Fsp3) is 0.182. The molecule has 0 amide bonds. The molecule has 0 aromatic heterocycles. The molecule has 23 heavy (non-hydrogen) atoms. The second-order valence-electron chi connectivity index (χ2n) is 6.25. The molecule has 0 bridgehead atoms. The SMILES string of the molecule is Cc1ccc(C2CC(c3ccccc3)c3ccccc3O2)cc1. The number of ether oxygens (including phenoxy) is 1. The van der Waals surface area contributed by atoms with Gasteiger partial charge in [-0.1, -0.05) is 78.4 Å². The van der Waals surface area contributed by atoms with Crippen LogP contribution in [-0.2, 0) is 0 Å². The van der Waals surface area contributed by atoms with Gasteiger partial charge in [0.1, 0.15) is 11.9 Å². The lowest BCUT2D eigenvalue weighted by Crippen LogP contribution is -2.19. The zero-order valence-electron chi connectivity index (χ0n) is 13.3. The molecule has 1 heteroatoms. The van der Waals surface area contributed by atoms with Crippen molar-refractivity contribution in [1.29, 1.82) is 0 Å². The average Bonchev–Trinajstić information content (AvgIpc) is 2.62. The summed E-state index contributed by atoms with van der Waals surface area (Å²) >= 11 is 0. The molecule has 4 rings (SSSR count). The summed E-state index contributed by atoms with van der Waals surface area (Å²) in [6.45, 7) is 2.12. The summed E-state index contributed by atoms with van der Waals surface area (Å²) in [7, 11) is 0. The molecule has 2 atom stereocenters. The van der Waals surface area contributed by atoms with Crippen molar-refractivity contribution in [3.8, 4) is 5.75 Å². The topological polar surface area (TPSA) is 9.23 Å². The van der Waals surface area contributed by atoms with Gasteiger partial charge in [-0.2, -0.15) is 0 Å². The lowest BCUT2D eigenvalue weighted by Gasteiger charge is -2.33. The summed E-state index contributed by atoms with van der Waals surface area (Å²) in [5, 5.41) is 0. The van der Waals surface area contributed by atoms with Crippen molar-refractivity contribution in [3.63, 3.8) is 0 Å². The minimum Gasteiger partial charge on any atom is -0.485 e. The van der Waals surface area contributed by atoms with Gasteiger partial charge in [0, 0.05) is 11.5 Å². The summed E-state index contributed by atoms with van der Waals surface area (Å²) in [4.78, 5) is 0. The van der Waals surface area contributed by atoms with Crippen LogP contribution in [0, 0.1) is 6.92 Å². The van der Waals surface area contributed by atoms with Gasteiger partial charge in [0.2, 0.25) is 0 Å². The zero-order chi connectivity index (χ0) is 15.6. The van der Waals surface area contributed by atoms with Crippen LogP contribution in [0.3, 0.4) is 0 Å². The first-order valence-corrected chi connectivity index (χ1v) is 8.18. The van der Waals surface area contributed by atoms with E-state index in [1.807, 2.05) is 0 Å². The van der Waals surface area contributed by atoms with Crippen molar-refractivity contribution in [1.82, 2.24) is 0 Å². The quantitative estimate of drug-likeness (QED) is 0.594. The Morgan fingerprint density at radius 3 is 2.22 bits per heavy atom. The predicted octanol–water partition coefficient (Wildman–Crippen LogP) is 5.65. The Labute approximate surface area is 137 Å². The molecule has 1 nitrogen and oxygen atoms in total. The molecule has 3 aromatic rings. The summed E-state index contributed by atoms with van der Waals surface area (Å²) in [6.07, 6.45) is 1.08. The van der Waals surface area contributed by atoms with E-state index in [9.17, 15) is 0 Å². The highest BCUT2D eigenvalue weighted by atomic mass is 16.5. The van der Waals surface area contributed by atoms with Crippen LogP contribution in [0.1, 0.15) is 40.7 Å². The molecule has 3 aromatic carbocycles. The van der Waals surface area contributed by atoms with E-state index in [-0.39, 0.29) is 6.10 Å². The Bertz CT molecular complexity index is 790. The summed E-state index contributed by atoms with van der Waals surface area (Å²) < 4.78 is 6.31. The predicted molar refractivity (Wildman–Crippen MR) is 93.9 cm³/mol. The summed E-state index contributed by atoms with van der Waals surface area (Å²) in [5.74, 6) is 1.39. The standard InChI is InChI=1S/C22H20O/c1-16-11-13-18(14-12-16)22-15-20(17-7-3-2-4-8-17)19-9-5-6-10-21(19)23-22/h2-14,20,22H,15H2,1H3. The van der Waals surface area contributed by atoms with Gasteiger partial charge in [-0.3, -0.25) is 0 Å².